The van der Waals surface area contributed by atoms with E-state index in [0.717, 1.165) is 24.4 Å². The number of nitrogen functional groups attached to an aromatic ring is 1. The van der Waals surface area contributed by atoms with Crippen molar-refractivity contribution < 1.29 is 0 Å². The second-order valence-corrected chi connectivity index (χ2v) is 3.44. The molecule has 2 aromatic rings. The van der Waals surface area contributed by atoms with Gasteiger partial charge >= 0.3 is 0 Å². The summed E-state index contributed by atoms with van der Waals surface area (Å²) in [4.78, 5) is 6.39. The quantitative estimate of drug-likeness (QED) is 0.828. The number of aromatic nitrogens is 2. The summed E-state index contributed by atoms with van der Waals surface area (Å²) in [6, 6.07) is 6.08. The lowest BCUT2D eigenvalue weighted by atomic mass is 10.3. The molecule has 15 heavy (non-hydrogen) atoms. The minimum Gasteiger partial charge on any atom is -0.382 e. The molecule has 2 aromatic heterocycles. The second-order valence-electron chi connectivity index (χ2n) is 3.44. The molecule has 4 nitrogen and oxygen atoms in total. The van der Waals surface area contributed by atoms with Gasteiger partial charge in [0.1, 0.15) is 18.0 Å². The van der Waals surface area contributed by atoms with Crippen molar-refractivity contribution in [3.05, 3.63) is 24.5 Å². The lowest BCUT2D eigenvalue weighted by molar-refractivity contribution is 0.834. The van der Waals surface area contributed by atoms with Gasteiger partial charge in [-0.1, -0.05) is 6.07 Å². The minimum atomic E-state index is 0.587. The highest BCUT2D eigenvalue weighted by atomic mass is 15.2. The summed E-state index contributed by atoms with van der Waals surface area (Å²) in [6.45, 7) is 6.24. The fraction of sp³-hybridized carbons (Fsp3) is 0.364. The van der Waals surface area contributed by atoms with E-state index in [1.807, 2.05) is 16.5 Å². The molecular weight excluding hydrogens is 188 g/mol. The van der Waals surface area contributed by atoms with Crippen molar-refractivity contribution in [3.63, 3.8) is 0 Å². The third-order valence-corrected chi connectivity index (χ3v) is 2.67. The number of rotatable bonds is 3. The molecule has 0 unspecified atom stereocenters. The summed E-state index contributed by atoms with van der Waals surface area (Å²) >= 11 is 0. The third-order valence-electron chi connectivity index (χ3n) is 2.67. The van der Waals surface area contributed by atoms with E-state index < -0.39 is 0 Å². The Labute approximate surface area is 89.3 Å². The summed E-state index contributed by atoms with van der Waals surface area (Å²) in [7, 11) is 0. The predicted octanol–water partition coefficient (Wildman–Crippen LogP) is 1.76. The Morgan fingerprint density at radius 2 is 2.07 bits per heavy atom. The summed E-state index contributed by atoms with van der Waals surface area (Å²) < 4.78 is 2.03. The van der Waals surface area contributed by atoms with Gasteiger partial charge in [-0.25, -0.2) is 4.98 Å². The number of hydrogen-bond donors (Lipinski definition) is 1. The summed E-state index contributed by atoms with van der Waals surface area (Å²) in [5.41, 5.74) is 6.75. The molecule has 0 amide bonds. The molecule has 0 aromatic carbocycles. The Morgan fingerprint density at radius 3 is 2.73 bits per heavy atom. The largest absolute Gasteiger partial charge is 0.382 e. The second kappa shape index (κ2) is 3.81. The van der Waals surface area contributed by atoms with Gasteiger partial charge in [0.25, 0.3) is 0 Å². The highest BCUT2D eigenvalue weighted by Crippen LogP contribution is 2.20. The Balaban J connectivity index is 2.60. The van der Waals surface area contributed by atoms with Gasteiger partial charge in [-0.2, -0.15) is 0 Å². The van der Waals surface area contributed by atoms with E-state index in [9.17, 15) is 0 Å². The van der Waals surface area contributed by atoms with Crippen LogP contribution in [0.3, 0.4) is 0 Å². The molecule has 0 radical (unpaired) electrons. The first-order chi connectivity index (χ1) is 7.27. The van der Waals surface area contributed by atoms with Crippen LogP contribution in [-0.4, -0.2) is 22.5 Å². The predicted molar refractivity (Wildman–Crippen MR) is 63.2 cm³/mol. The van der Waals surface area contributed by atoms with Gasteiger partial charge in [-0.3, -0.25) is 4.40 Å². The maximum atomic E-state index is 5.78. The van der Waals surface area contributed by atoms with Gasteiger partial charge in [-0.15, -0.1) is 0 Å². The molecule has 0 aliphatic rings. The highest BCUT2D eigenvalue weighted by Gasteiger charge is 2.08. The normalized spacial score (nSPS) is 10.8. The number of imidazole rings is 1. The van der Waals surface area contributed by atoms with Crippen molar-refractivity contribution in [1.29, 1.82) is 0 Å². The molecule has 2 rings (SSSR count). The number of pyridine rings is 1. The van der Waals surface area contributed by atoms with Crippen LogP contribution in [-0.2, 0) is 0 Å². The van der Waals surface area contributed by atoms with Crippen molar-refractivity contribution in [2.45, 2.75) is 13.8 Å². The van der Waals surface area contributed by atoms with Crippen LogP contribution in [0.25, 0.3) is 5.52 Å². The molecule has 0 aliphatic heterocycles. The van der Waals surface area contributed by atoms with Crippen molar-refractivity contribution in [3.8, 4) is 0 Å². The maximum absolute atomic E-state index is 5.78. The van der Waals surface area contributed by atoms with Gasteiger partial charge in [0.2, 0.25) is 0 Å². The first-order valence-corrected chi connectivity index (χ1v) is 5.24. The van der Waals surface area contributed by atoms with E-state index in [4.69, 9.17) is 5.73 Å². The maximum Gasteiger partial charge on any atom is 0.149 e. The van der Waals surface area contributed by atoms with Crippen LogP contribution in [0.2, 0.25) is 0 Å². The molecule has 80 valence electrons. The number of nitrogens with two attached hydrogens (primary N) is 1. The van der Waals surface area contributed by atoms with Crippen molar-refractivity contribution in [2.24, 2.45) is 0 Å². The van der Waals surface area contributed by atoms with Crippen LogP contribution in [0, 0.1) is 0 Å². The molecule has 4 heteroatoms. The van der Waals surface area contributed by atoms with Gasteiger partial charge in [-0.05, 0) is 26.0 Å². The average molecular weight is 204 g/mol. The zero-order valence-electron chi connectivity index (χ0n) is 9.14. The molecule has 0 spiro atoms. The molecule has 0 saturated heterocycles. The zero-order valence-corrected chi connectivity index (χ0v) is 9.14. The highest BCUT2D eigenvalue weighted by molar-refractivity contribution is 5.68. The number of anilines is 2. The number of nitrogens with zero attached hydrogens (tertiary/aromatic N) is 3. The molecular formula is C11H16N4. The van der Waals surface area contributed by atoms with Crippen molar-refractivity contribution in [2.75, 3.05) is 23.7 Å². The molecule has 0 aliphatic carbocycles. The van der Waals surface area contributed by atoms with E-state index in [1.165, 1.54) is 0 Å². The van der Waals surface area contributed by atoms with Crippen molar-refractivity contribution >= 4 is 17.2 Å². The number of fused-ring (bicyclic) bond motifs is 1. The Hall–Kier alpha value is -1.71. The van der Waals surface area contributed by atoms with Crippen LogP contribution in [0.15, 0.2) is 24.5 Å². The summed E-state index contributed by atoms with van der Waals surface area (Å²) in [5.74, 6) is 1.73. The SMILES string of the molecule is CCN(CC)c1cccc2c(N)ncn12. The summed E-state index contributed by atoms with van der Waals surface area (Å²) in [5, 5.41) is 0. The van der Waals surface area contributed by atoms with E-state index in [2.05, 4.69) is 29.8 Å². The van der Waals surface area contributed by atoms with Crippen LogP contribution >= 0.6 is 0 Å². The fourth-order valence-corrected chi connectivity index (χ4v) is 1.83. The molecule has 0 atom stereocenters. The van der Waals surface area contributed by atoms with Crippen molar-refractivity contribution in [1.82, 2.24) is 9.38 Å². The lowest BCUT2D eigenvalue weighted by Gasteiger charge is -2.21. The number of hydrogen-bond acceptors (Lipinski definition) is 3. The van der Waals surface area contributed by atoms with Crippen LogP contribution < -0.4 is 10.6 Å². The van der Waals surface area contributed by atoms with E-state index >= 15 is 0 Å². The fourth-order valence-electron chi connectivity index (χ4n) is 1.83. The van der Waals surface area contributed by atoms with Crippen LogP contribution in [0.1, 0.15) is 13.8 Å². The topological polar surface area (TPSA) is 46.6 Å². The van der Waals surface area contributed by atoms with Crippen LogP contribution in [0.4, 0.5) is 11.6 Å². The van der Waals surface area contributed by atoms with Crippen LogP contribution in [0.5, 0.6) is 0 Å². The standard InChI is InChI=1S/C11H16N4/c1-3-14(4-2)10-7-5-6-9-11(12)13-8-15(9)10/h5-8H,3-4,12H2,1-2H3. The molecule has 0 saturated carbocycles. The smallest absolute Gasteiger partial charge is 0.149 e. The minimum absolute atomic E-state index is 0.587. The third kappa shape index (κ3) is 1.52. The Bertz CT molecular complexity index is 457. The zero-order chi connectivity index (χ0) is 10.8. The summed E-state index contributed by atoms with van der Waals surface area (Å²) in [6.07, 6.45) is 1.78. The van der Waals surface area contributed by atoms with E-state index in [-0.39, 0.29) is 0 Å². The monoisotopic (exact) mass is 204 g/mol. The average Bonchev–Trinajstić information content (AvgIpc) is 2.64. The van der Waals surface area contributed by atoms with Gasteiger partial charge in [0.15, 0.2) is 0 Å². The first-order valence-electron chi connectivity index (χ1n) is 5.24. The molecule has 2 heterocycles. The molecule has 0 bridgehead atoms. The van der Waals surface area contributed by atoms with E-state index in [0.29, 0.717) is 5.82 Å². The molecule has 2 N–H and O–H groups in total. The Kier molecular flexibility index (Phi) is 2.49. The van der Waals surface area contributed by atoms with Gasteiger partial charge in [0.05, 0.1) is 5.52 Å². The first kappa shape index (κ1) is 9.83. The van der Waals surface area contributed by atoms with E-state index in [1.54, 1.807) is 6.33 Å². The molecule has 0 fully saturated rings. The Morgan fingerprint density at radius 1 is 1.33 bits per heavy atom. The lowest BCUT2D eigenvalue weighted by Crippen LogP contribution is -2.23. The van der Waals surface area contributed by atoms with Gasteiger partial charge < -0.3 is 10.6 Å². The van der Waals surface area contributed by atoms with Gasteiger partial charge in [0, 0.05) is 13.1 Å².